The highest BCUT2D eigenvalue weighted by Gasteiger charge is 2.40. The Labute approximate surface area is 189 Å². The molecule has 3 fully saturated rings. The van der Waals surface area contributed by atoms with Crippen molar-refractivity contribution in [1.29, 1.82) is 0 Å². The van der Waals surface area contributed by atoms with Gasteiger partial charge in [-0.2, -0.15) is 0 Å². The summed E-state index contributed by atoms with van der Waals surface area (Å²) in [5.41, 5.74) is 0.907. The summed E-state index contributed by atoms with van der Waals surface area (Å²) in [5, 5.41) is 13.7. The molecule has 1 aromatic rings. The topological polar surface area (TPSA) is 93.2 Å². The fourth-order valence-electron chi connectivity index (χ4n) is 5.18. The second-order valence-corrected chi connectivity index (χ2v) is 9.12. The molecule has 0 radical (unpaired) electrons. The summed E-state index contributed by atoms with van der Waals surface area (Å²) in [4.78, 5) is 43.5. The van der Waals surface area contributed by atoms with Crippen LogP contribution >= 0.6 is 0 Å². The zero-order valence-corrected chi connectivity index (χ0v) is 18.6. The van der Waals surface area contributed by atoms with Crippen LogP contribution in [0.2, 0.25) is 0 Å². The molecule has 0 bridgehead atoms. The smallest absolute Gasteiger partial charge is 0.326 e. The van der Waals surface area contributed by atoms with Crippen molar-refractivity contribution < 1.29 is 19.5 Å². The maximum atomic E-state index is 12.9. The molecule has 8 nitrogen and oxygen atoms in total. The molecule has 1 aliphatic carbocycles. The summed E-state index contributed by atoms with van der Waals surface area (Å²) >= 11 is 0. The lowest BCUT2D eigenvalue weighted by Gasteiger charge is -2.46. The monoisotopic (exact) mass is 442 g/mol. The molecule has 4 rings (SSSR count). The molecule has 0 unspecified atom stereocenters. The van der Waals surface area contributed by atoms with Gasteiger partial charge in [0.25, 0.3) is 0 Å². The number of anilines is 1. The van der Waals surface area contributed by atoms with Crippen LogP contribution in [-0.2, 0) is 9.59 Å². The molecule has 2 heterocycles. The largest absolute Gasteiger partial charge is 0.371 e. The number of nitrogens with one attached hydrogen (secondary N) is 1. The molecule has 2 atom stereocenters. The molecule has 0 spiro atoms. The number of urea groups is 1. The van der Waals surface area contributed by atoms with Gasteiger partial charge in [0, 0.05) is 37.8 Å². The number of hydrogen-bond acceptors (Lipinski definition) is 5. The second-order valence-electron chi connectivity index (χ2n) is 9.12. The van der Waals surface area contributed by atoms with Crippen molar-refractivity contribution in [2.75, 3.05) is 31.1 Å². The third kappa shape index (κ3) is 5.06. The van der Waals surface area contributed by atoms with Crippen LogP contribution in [0.25, 0.3) is 0 Å². The number of hydrogen-bond donors (Lipinski definition) is 2. The van der Waals surface area contributed by atoms with E-state index >= 15 is 0 Å². The molecular formula is C24H34N4O4. The first kappa shape index (κ1) is 22.6. The van der Waals surface area contributed by atoms with Crippen molar-refractivity contribution in [3.8, 4) is 0 Å². The van der Waals surface area contributed by atoms with Gasteiger partial charge in [0.05, 0.1) is 12.5 Å². The van der Waals surface area contributed by atoms with Gasteiger partial charge in [-0.05, 0) is 37.8 Å². The minimum atomic E-state index is -1.19. The van der Waals surface area contributed by atoms with E-state index in [0.717, 1.165) is 63.7 Å². The van der Waals surface area contributed by atoms with E-state index < -0.39 is 18.3 Å². The predicted molar refractivity (Wildman–Crippen MR) is 121 cm³/mol. The van der Waals surface area contributed by atoms with E-state index in [2.05, 4.69) is 5.32 Å². The number of aliphatic hydroxyl groups is 1. The van der Waals surface area contributed by atoms with Crippen molar-refractivity contribution in [3.63, 3.8) is 0 Å². The van der Waals surface area contributed by atoms with Crippen LogP contribution in [0.3, 0.4) is 0 Å². The van der Waals surface area contributed by atoms with Crippen LogP contribution in [0.15, 0.2) is 30.3 Å². The predicted octanol–water partition coefficient (Wildman–Crippen LogP) is 2.32. The lowest BCUT2D eigenvalue weighted by Crippen LogP contribution is -2.64. The van der Waals surface area contributed by atoms with Gasteiger partial charge in [0.2, 0.25) is 11.8 Å². The normalized spacial score (nSPS) is 24.5. The van der Waals surface area contributed by atoms with Gasteiger partial charge in [-0.3, -0.25) is 19.8 Å². The number of rotatable bonds is 4. The van der Waals surface area contributed by atoms with Gasteiger partial charge in [-0.1, -0.05) is 37.5 Å². The fourth-order valence-corrected chi connectivity index (χ4v) is 5.18. The number of piperazine rings is 1. The highest BCUT2D eigenvalue weighted by Crippen LogP contribution is 2.27. The van der Waals surface area contributed by atoms with Crippen LogP contribution in [0.4, 0.5) is 10.5 Å². The van der Waals surface area contributed by atoms with Crippen LogP contribution in [0, 0.1) is 5.92 Å². The minimum Gasteiger partial charge on any atom is -0.371 e. The highest BCUT2D eigenvalue weighted by molar-refractivity contribution is 5.95. The van der Waals surface area contributed by atoms with E-state index in [1.54, 1.807) is 0 Å². The van der Waals surface area contributed by atoms with Gasteiger partial charge in [-0.25, -0.2) is 4.79 Å². The van der Waals surface area contributed by atoms with E-state index in [1.165, 1.54) is 4.90 Å². The molecule has 8 heteroatoms. The van der Waals surface area contributed by atoms with E-state index in [-0.39, 0.29) is 30.7 Å². The number of carbonyl (C=O) groups is 3. The molecule has 0 aromatic heterocycles. The third-order valence-electron chi connectivity index (χ3n) is 7.04. The van der Waals surface area contributed by atoms with E-state index in [9.17, 15) is 19.5 Å². The van der Waals surface area contributed by atoms with Crippen LogP contribution in [-0.4, -0.2) is 71.2 Å². The molecule has 4 amide bonds. The Morgan fingerprint density at radius 1 is 0.906 bits per heavy atom. The Hall–Kier alpha value is -2.61. The number of likely N-dealkylation sites (tertiary alicyclic amines) is 1. The summed E-state index contributed by atoms with van der Waals surface area (Å²) in [6, 6.07) is 8.51. The number of para-hydroxylation sites is 1. The summed E-state index contributed by atoms with van der Waals surface area (Å²) in [5.74, 6) is -0.395. The SMILES string of the molecule is O=C(NC(=O)N1CCN(c2ccccc2)[C@@H](CC(=O)N2CCCC2)[C@@H]1O)C1CCCCC1. The first-order valence-electron chi connectivity index (χ1n) is 11.9. The first-order valence-corrected chi connectivity index (χ1v) is 11.9. The summed E-state index contributed by atoms with van der Waals surface area (Å²) < 4.78 is 0. The Balaban J connectivity index is 1.47. The van der Waals surface area contributed by atoms with Crippen LogP contribution in [0.1, 0.15) is 51.4 Å². The van der Waals surface area contributed by atoms with E-state index in [4.69, 9.17) is 0 Å². The van der Waals surface area contributed by atoms with E-state index in [1.807, 2.05) is 40.1 Å². The Bertz CT molecular complexity index is 805. The molecule has 174 valence electrons. The molecule has 2 saturated heterocycles. The third-order valence-corrected chi connectivity index (χ3v) is 7.04. The molecular weight excluding hydrogens is 408 g/mol. The first-order chi connectivity index (χ1) is 15.5. The Kier molecular flexibility index (Phi) is 7.29. The summed E-state index contributed by atoms with van der Waals surface area (Å²) in [7, 11) is 0. The van der Waals surface area contributed by atoms with E-state index in [0.29, 0.717) is 6.54 Å². The quantitative estimate of drug-likeness (QED) is 0.747. The lowest BCUT2D eigenvalue weighted by molar-refractivity contribution is -0.132. The molecule has 32 heavy (non-hydrogen) atoms. The Morgan fingerprint density at radius 2 is 1.59 bits per heavy atom. The number of nitrogens with zero attached hydrogens (tertiary/aromatic N) is 3. The zero-order chi connectivity index (χ0) is 22.5. The number of aliphatic hydroxyl groups excluding tert-OH is 1. The average Bonchev–Trinajstić information content (AvgIpc) is 3.36. The lowest BCUT2D eigenvalue weighted by atomic mass is 9.89. The summed E-state index contributed by atoms with van der Waals surface area (Å²) in [6.45, 7) is 2.23. The van der Waals surface area contributed by atoms with Crippen LogP contribution < -0.4 is 10.2 Å². The standard InChI is InChI=1S/C24H34N4O4/c29-21(26-13-7-8-14-26)17-20-23(31)28(16-15-27(20)19-11-5-2-6-12-19)24(32)25-22(30)18-9-3-1-4-10-18/h2,5-6,11-12,18,20,23,31H,1,3-4,7-10,13-17H2,(H,25,30,32)/t20-,23-/m0/s1. The van der Waals surface area contributed by atoms with Crippen molar-refractivity contribution in [2.24, 2.45) is 5.92 Å². The van der Waals surface area contributed by atoms with Crippen LogP contribution in [0.5, 0.6) is 0 Å². The minimum absolute atomic E-state index is 0.00646. The maximum absolute atomic E-state index is 12.9. The summed E-state index contributed by atoms with van der Waals surface area (Å²) in [6.07, 6.45) is 5.68. The average molecular weight is 443 g/mol. The number of benzene rings is 1. The second kappa shape index (κ2) is 10.3. The molecule has 2 N–H and O–H groups in total. The Morgan fingerprint density at radius 3 is 2.28 bits per heavy atom. The maximum Gasteiger partial charge on any atom is 0.326 e. The van der Waals surface area contributed by atoms with Gasteiger partial charge in [0.1, 0.15) is 0 Å². The number of amides is 4. The molecule has 1 saturated carbocycles. The van der Waals surface area contributed by atoms with Crippen molar-refractivity contribution in [1.82, 2.24) is 15.1 Å². The molecule has 1 aromatic carbocycles. The molecule has 2 aliphatic heterocycles. The van der Waals surface area contributed by atoms with Gasteiger partial charge < -0.3 is 14.9 Å². The number of imide groups is 1. The highest BCUT2D eigenvalue weighted by atomic mass is 16.3. The van der Waals surface area contributed by atoms with Crippen molar-refractivity contribution in [2.45, 2.75) is 63.6 Å². The fraction of sp³-hybridized carbons (Fsp3) is 0.625. The van der Waals surface area contributed by atoms with Crippen molar-refractivity contribution >= 4 is 23.5 Å². The number of carbonyl (C=O) groups excluding carboxylic acids is 3. The van der Waals surface area contributed by atoms with Gasteiger partial charge in [0.15, 0.2) is 6.23 Å². The van der Waals surface area contributed by atoms with Gasteiger partial charge in [-0.15, -0.1) is 0 Å². The molecule has 3 aliphatic rings. The van der Waals surface area contributed by atoms with Gasteiger partial charge >= 0.3 is 6.03 Å². The van der Waals surface area contributed by atoms with Crippen molar-refractivity contribution in [3.05, 3.63) is 30.3 Å². The zero-order valence-electron chi connectivity index (χ0n) is 18.6.